The molecule has 0 spiro atoms. The van der Waals surface area contributed by atoms with Crippen molar-refractivity contribution in [3.05, 3.63) is 77.1 Å². The number of amides is 2. The molecule has 2 amide bonds. The van der Waals surface area contributed by atoms with Gasteiger partial charge in [0.05, 0.1) is 31.9 Å². The lowest BCUT2D eigenvalue weighted by molar-refractivity contribution is -0.140. The smallest absolute Gasteiger partial charge is 0.265 e. The molecule has 13 heteroatoms. The number of methoxy groups -OCH3 is 3. The summed E-state index contributed by atoms with van der Waals surface area (Å²) in [7, 11) is -0.298. The maximum Gasteiger partial charge on any atom is 0.265 e. The number of carbonyl (C=O) groups is 2. The molecule has 4 rings (SSSR count). The summed E-state index contributed by atoms with van der Waals surface area (Å²) in [6.45, 7) is 1.02. The molecule has 1 fully saturated rings. The van der Waals surface area contributed by atoms with Crippen LogP contribution in [0, 0.1) is 5.82 Å². The lowest BCUT2D eigenvalue weighted by Gasteiger charge is -2.34. The van der Waals surface area contributed by atoms with E-state index in [-0.39, 0.29) is 52.0 Å². The van der Waals surface area contributed by atoms with E-state index in [1.54, 1.807) is 6.92 Å². The van der Waals surface area contributed by atoms with Crippen LogP contribution in [-0.4, -0.2) is 65.1 Å². The van der Waals surface area contributed by atoms with Gasteiger partial charge in [-0.25, -0.2) is 12.8 Å². The number of hydrogen-bond acceptors (Lipinski definition) is 7. The van der Waals surface area contributed by atoms with Gasteiger partial charge < -0.3 is 24.4 Å². The van der Waals surface area contributed by atoms with Crippen molar-refractivity contribution >= 4 is 39.1 Å². The van der Waals surface area contributed by atoms with E-state index in [2.05, 4.69) is 5.32 Å². The summed E-state index contributed by atoms with van der Waals surface area (Å²) in [6.07, 6.45) is 5.07. The first kappa shape index (κ1) is 35.8. The van der Waals surface area contributed by atoms with Crippen molar-refractivity contribution in [2.24, 2.45) is 0 Å². The number of halogens is 2. The van der Waals surface area contributed by atoms with Crippen molar-refractivity contribution in [1.29, 1.82) is 0 Å². The van der Waals surface area contributed by atoms with Gasteiger partial charge in [0.1, 0.15) is 24.2 Å². The van der Waals surface area contributed by atoms with Gasteiger partial charge in [-0.3, -0.25) is 13.9 Å². The van der Waals surface area contributed by atoms with Crippen LogP contribution in [0.25, 0.3) is 0 Å². The zero-order chi connectivity index (χ0) is 34.1. The molecule has 0 radical (unpaired) electrons. The Kier molecular flexibility index (Phi) is 12.3. The molecule has 0 heterocycles. The monoisotopic (exact) mass is 689 g/mol. The number of hydrogen-bond donors (Lipinski definition) is 1. The predicted molar refractivity (Wildman–Crippen MR) is 178 cm³/mol. The van der Waals surface area contributed by atoms with E-state index in [1.165, 1.54) is 86.9 Å². The second-order valence-electron chi connectivity index (χ2n) is 11.3. The number of nitrogens with one attached hydrogen (secondary N) is 1. The van der Waals surface area contributed by atoms with Gasteiger partial charge in [0.15, 0.2) is 11.5 Å². The topological polar surface area (TPSA) is 114 Å². The standard InChI is InChI=1S/C34H41ClFN3O7S/c1-5-28(34(41)37-26-9-7-6-8-10-26)38(21-23-11-14-25(36)15-12-23)33(40)22-39(29-19-24(35)13-17-30(29)44-2)47(42,43)27-16-18-31(45-3)32(20-27)46-4/h11-20,26,28H,5-10,21-22H2,1-4H3,(H,37,41). The van der Waals surface area contributed by atoms with Gasteiger partial charge >= 0.3 is 0 Å². The van der Waals surface area contributed by atoms with Crippen molar-refractivity contribution in [2.45, 2.75) is 69.0 Å². The van der Waals surface area contributed by atoms with Crippen LogP contribution in [-0.2, 0) is 26.2 Å². The Balaban J connectivity index is 1.79. The highest BCUT2D eigenvalue weighted by Crippen LogP contribution is 2.37. The predicted octanol–water partition coefficient (Wildman–Crippen LogP) is 5.96. The molecule has 0 aromatic heterocycles. The molecule has 254 valence electrons. The van der Waals surface area contributed by atoms with Crippen molar-refractivity contribution < 1.29 is 36.6 Å². The summed E-state index contributed by atoms with van der Waals surface area (Å²) in [5.74, 6) is -0.807. The van der Waals surface area contributed by atoms with Crippen LogP contribution in [0.1, 0.15) is 51.0 Å². The molecule has 47 heavy (non-hydrogen) atoms. The van der Waals surface area contributed by atoms with Crippen LogP contribution in [0.3, 0.4) is 0 Å². The molecule has 1 aliphatic carbocycles. The Hall–Kier alpha value is -4.03. The summed E-state index contributed by atoms with van der Waals surface area (Å²) in [5.41, 5.74) is 0.586. The highest BCUT2D eigenvalue weighted by atomic mass is 35.5. The third-order valence-corrected chi connectivity index (χ3v) is 10.2. The second kappa shape index (κ2) is 16.2. The number of carbonyl (C=O) groups excluding carboxylic acids is 2. The van der Waals surface area contributed by atoms with Gasteiger partial charge in [-0.2, -0.15) is 0 Å². The first-order valence-corrected chi connectivity index (χ1v) is 17.3. The molecule has 1 unspecified atom stereocenters. The molecular formula is C34H41ClFN3O7S. The third-order valence-electron chi connectivity index (χ3n) is 8.24. The van der Waals surface area contributed by atoms with E-state index in [0.29, 0.717) is 11.3 Å². The van der Waals surface area contributed by atoms with Crippen molar-refractivity contribution in [3.63, 3.8) is 0 Å². The minimum atomic E-state index is -4.48. The molecular weight excluding hydrogens is 649 g/mol. The van der Waals surface area contributed by atoms with Crippen LogP contribution in [0.5, 0.6) is 17.2 Å². The molecule has 10 nitrogen and oxygen atoms in total. The van der Waals surface area contributed by atoms with Gasteiger partial charge in [0.25, 0.3) is 10.0 Å². The van der Waals surface area contributed by atoms with Gasteiger partial charge in [0.2, 0.25) is 11.8 Å². The second-order valence-corrected chi connectivity index (χ2v) is 13.6. The SMILES string of the molecule is CCC(C(=O)NC1CCCCC1)N(Cc1ccc(F)cc1)C(=O)CN(c1cc(Cl)ccc1OC)S(=O)(=O)c1ccc(OC)c(OC)c1. The van der Waals surface area contributed by atoms with Crippen molar-refractivity contribution in [1.82, 2.24) is 10.2 Å². The van der Waals surface area contributed by atoms with E-state index in [4.69, 9.17) is 25.8 Å². The highest BCUT2D eigenvalue weighted by Gasteiger charge is 2.36. The molecule has 0 saturated heterocycles. The molecule has 0 bridgehead atoms. The zero-order valence-electron chi connectivity index (χ0n) is 27.0. The summed E-state index contributed by atoms with van der Waals surface area (Å²) in [5, 5.41) is 3.31. The molecule has 1 atom stereocenters. The van der Waals surface area contributed by atoms with E-state index in [1.807, 2.05) is 0 Å². The summed E-state index contributed by atoms with van der Waals surface area (Å²) in [4.78, 5) is 29.3. The average molecular weight is 690 g/mol. The Bertz CT molecular complexity index is 1650. The number of rotatable bonds is 14. The van der Waals surface area contributed by atoms with Crippen LogP contribution in [0.2, 0.25) is 5.02 Å². The molecule has 3 aromatic rings. The first-order chi connectivity index (χ1) is 22.5. The van der Waals surface area contributed by atoms with Crippen LogP contribution in [0.15, 0.2) is 65.6 Å². The minimum absolute atomic E-state index is 0.00859. The first-order valence-electron chi connectivity index (χ1n) is 15.4. The quantitative estimate of drug-likeness (QED) is 0.222. The Morgan fingerprint density at radius 3 is 2.17 bits per heavy atom. The normalized spacial score (nSPS) is 14.2. The summed E-state index contributed by atoms with van der Waals surface area (Å²) in [6, 6.07) is 13.2. The lowest BCUT2D eigenvalue weighted by Crippen LogP contribution is -2.54. The molecule has 1 aliphatic rings. The highest BCUT2D eigenvalue weighted by molar-refractivity contribution is 7.92. The summed E-state index contributed by atoms with van der Waals surface area (Å²) >= 11 is 6.33. The van der Waals surface area contributed by atoms with E-state index in [0.717, 1.165) is 36.4 Å². The van der Waals surface area contributed by atoms with Gasteiger partial charge in [-0.05, 0) is 67.3 Å². The van der Waals surface area contributed by atoms with Gasteiger partial charge in [-0.15, -0.1) is 0 Å². The van der Waals surface area contributed by atoms with E-state index in [9.17, 15) is 22.4 Å². The maximum absolute atomic E-state index is 14.4. The maximum atomic E-state index is 14.4. The van der Waals surface area contributed by atoms with Crippen molar-refractivity contribution in [2.75, 3.05) is 32.2 Å². The van der Waals surface area contributed by atoms with Gasteiger partial charge in [-0.1, -0.05) is 49.9 Å². The molecule has 1 saturated carbocycles. The van der Waals surface area contributed by atoms with Crippen LogP contribution in [0.4, 0.5) is 10.1 Å². The minimum Gasteiger partial charge on any atom is -0.495 e. The summed E-state index contributed by atoms with van der Waals surface area (Å²) < 4.78 is 59.7. The number of benzene rings is 3. The fourth-order valence-electron chi connectivity index (χ4n) is 5.73. The fraction of sp³-hybridized carbons (Fsp3) is 0.412. The zero-order valence-corrected chi connectivity index (χ0v) is 28.6. The Labute approximate surface area is 280 Å². The van der Waals surface area contributed by atoms with Gasteiger partial charge in [0, 0.05) is 23.7 Å². The molecule has 0 aliphatic heterocycles. The molecule has 3 aromatic carbocycles. The van der Waals surface area contributed by atoms with Crippen LogP contribution >= 0.6 is 11.6 Å². The number of nitrogens with zero attached hydrogens (tertiary/aromatic N) is 2. The largest absolute Gasteiger partial charge is 0.495 e. The average Bonchev–Trinajstić information content (AvgIpc) is 3.07. The lowest BCUT2D eigenvalue weighted by atomic mass is 9.95. The van der Waals surface area contributed by atoms with Crippen LogP contribution < -0.4 is 23.8 Å². The Morgan fingerprint density at radius 2 is 1.55 bits per heavy atom. The van der Waals surface area contributed by atoms with E-state index >= 15 is 0 Å². The molecule has 1 N–H and O–H groups in total. The Morgan fingerprint density at radius 1 is 0.915 bits per heavy atom. The number of anilines is 1. The fourth-order valence-corrected chi connectivity index (χ4v) is 7.32. The number of ether oxygens (including phenoxy) is 3. The van der Waals surface area contributed by atoms with E-state index < -0.39 is 34.3 Å². The van der Waals surface area contributed by atoms with Crippen molar-refractivity contribution in [3.8, 4) is 17.2 Å². The third kappa shape index (κ3) is 8.66. The number of sulfonamides is 1.